The number of hydrogen-bond acceptors (Lipinski definition) is 4. The van der Waals surface area contributed by atoms with Gasteiger partial charge in [0.15, 0.2) is 0 Å². The van der Waals surface area contributed by atoms with Crippen LogP contribution < -0.4 is 0 Å². The Hall–Kier alpha value is -0.910. The summed E-state index contributed by atoms with van der Waals surface area (Å²) in [7, 11) is 0. The maximum absolute atomic E-state index is 12.8. The third-order valence-electron chi connectivity index (χ3n) is 13.5. The maximum atomic E-state index is 12.8. The third-order valence-corrected chi connectivity index (χ3v) is 13.5. The molecule has 5 nitrogen and oxygen atoms in total. The molecule has 5 aliphatic rings. The van der Waals surface area contributed by atoms with Gasteiger partial charge in [0.2, 0.25) is 0 Å². The molecule has 0 saturated heterocycles. The van der Waals surface area contributed by atoms with Crippen molar-refractivity contribution < 1.29 is 25.2 Å². The van der Waals surface area contributed by atoms with Crippen LogP contribution >= 0.6 is 0 Å². The Labute approximate surface area is 211 Å². The van der Waals surface area contributed by atoms with Crippen molar-refractivity contribution >= 4 is 5.97 Å². The average molecular weight is 489 g/mol. The molecular formula is C30H48O5. The molecule has 4 N–H and O–H groups in total. The van der Waals surface area contributed by atoms with Gasteiger partial charge < -0.3 is 20.4 Å². The van der Waals surface area contributed by atoms with Gasteiger partial charge in [-0.1, -0.05) is 53.2 Å². The zero-order valence-corrected chi connectivity index (χ0v) is 22.7. The smallest absolute Gasteiger partial charge is 0.310 e. The fraction of sp³-hybridized carbons (Fsp3) is 0.900. The molecule has 12 atom stereocenters. The number of allylic oxidation sites excluding steroid dienone is 2. The van der Waals surface area contributed by atoms with Crippen molar-refractivity contribution in [2.45, 2.75) is 105 Å². The second kappa shape index (κ2) is 7.80. The first kappa shape index (κ1) is 25.7. The standard InChI is InChI=1S/C30H48O5/c1-17-9-12-30(25(34)35)14-13-28(5)19(23(30)18(17)2)7-8-22-26(3)15-20(32)24(33)27(4,16-31)21(26)10-11-29(22,28)6/h7,17-18,20-24,31-33H,8-16H2,1-6H3,(H,34,35)/t17-,18+,20-,21+,22+,23-,24+,26+,27+,28-,29-,30+/m1/s1. The summed E-state index contributed by atoms with van der Waals surface area (Å²) in [6, 6.07) is 0. The lowest BCUT2D eigenvalue weighted by atomic mass is 9.33. The minimum atomic E-state index is -0.907. The van der Waals surface area contributed by atoms with Gasteiger partial charge in [-0.3, -0.25) is 4.79 Å². The fourth-order valence-electron chi connectivity index (χ4n) is 11.0. The first-order chi connectivity index (χ1) is 16.2. The first-order valence-electron chi connectivity index (χ1n) is 14.1. The van der Waals surface area contributed by atoms with Gasteiger partial charge in [-0.25, -0.2) is 0 Å². The molecule has 5 heteroatoms. The summed E-state index contributed by atoms with van der Waals surface area (Å²) in [6.45, 7) is 13.6. The van der Waals surface area contributed by atoms with Crippen LogP contribution in [-0.2, 0) is 4.79 Å². The molecule has 0 aromatic rings. The van der Waals surface area contributed by atoms with Crippen molar-refractivity contribution in [3.8, 4) is 0 Å². The van der Waals surface area contributed by atoms with Gasteiger partial charge in [0, 0.05) is 5.41 Å². The van der Waals surface area contributed by atoms with E-state index in [1.54, 1.807) is 0 Å². The number of fused-ring (bicyclic) bond motifs is 7. The predicted octanol–water partition coefficient (Wildman–Crippen LogP) is 5.03. The van der Waals surface area contributed by atoms with E-state index < -0.39 is 29.0 Å². The lowest BCUT2D eigenvalue weighted by Gasteiger charge is -2.71. The average Bonchev–Trinajstić information content (AvgIpc) is 2.80. The molecule has 0 aromatic carbocycles. The number of rotatable bonds is 2. The van der Waals surface area contributed by atoms with Gasteiger partial charge in [0.25, 0.3) is 0 Å². The molecule has 0 heterocycles. The highest BCUT2D eigenvalue weighted by Crippen LogP contribution is 2.75. The number of aliphatic hydroxyl groups is 3. The number of aliphatic hydroxyl groups excluding tert-OH is 3. The summed E-state index contributed by atoms with van der Waals surface area (Å²) in [6.07, 6.45) is 7.51. The molecule has 0 aromatic heterocycles. The summed E-state index contributed by atoms with van der Waals surface area (Å²) in [5, 5.41) is 42.9. The van der Waals surface area contributed by atoms with Crippen LogP contribution in [0.15, 0.2) is 11.6 Å². The van der Waals surface area contributed by atoms with Crippen LogP contribution in [0, 0.1) is 56.7 Å². The second-order valence-electron chi connectivity index (χ2n) is 14.5. The largest absolute Gasteiger partial charge is 0.481 e. The van der Waals surface area contributed by atoms with E-state index in [2.05, 4.69) is 40.7 Å². The van der Waals surface area contributed by atoms with Crippen LogP contribution in [0.3, 0.4) is 0 Å². The summed E-state index contributed by atoms with van der Waals surface area (Å²) >= 11 is 0. The monoisotopic (exact) mass is 488 g/mol. The van der Waals surface area contributed by atoms with Gasteiger partial charge in [-0.2, -0.15) is 0 Å². The third kappa shape index (κ3) is 2.95. The summed E-state index contributed by atoms with van der Waals surface area (Å²) in [5.74, 6) is 0.828. The van der Waals surface area contributed by atoms with Crippen molar-refractivity contribution in [2.24, 2.45) is 56.7 Å². The van der Waals surface area contributed by atoms with Gasteiger partial charge in [-0.05, 0) is 97.2 Å². The molecule has 5 rings (SSSR count). The molecule has 0 unspecified atom stereocenters. The fourth-order valence-corrected chi connectivity index (χ4v) is 11.0. The quantitative estimate of drug-likeness (QED) is 0.409. The van der Waals surface area contributed by atoms with Crippen molar-refractivity contribution in [3.63, 3.8) is 0 Å². The normalized spacial score (nSPS) is 57.7. The molecule has 4 saturated carbocycles. The summed E-state index contributed by atoms with van der Waals surface area (Å²) < 4.78 is 0. The molecule has 0 amide bonds. The van der Waals surface area contributed by atoms with Crippen LogP contribution in [0.4, 0.5) is 0 Å². The minimum absolute atomic E-state index is 0.00815. The van der Waals surface area contributed by atoms with E-state index in [-0.39, 0.29) is 34.7 Å². The Morgan fingerprint density at radius 3 is 2.31 bits per heavy atom. The highest BCUT2D eigenvalue weighted by molar-refractivity contribution is 5.76. The summed E-state index contributed by atoms with van der Waals surface area (Å²) in [4.78, 5) is 12.8. The maximum Gasteiger partial charge on any atom is 0.310 e. The van der Waals surface area contributed by atoms with Crippen LogP contribution in [0.5, 0.6) is 0 Å². The van der Waals surface area contributed by atoms with Crippen molar-refractivity contribution in [2.75, 3.05) is 6.61 Å². The highest BCUT2D eigenvalue weighted by atomic mass is 16.4. The lowest BCUT2D eigenvalue weighted by molar-refractivity contribution is -0.244. The van der Waals surface area contributed by atoms with E-state index in [9.17, 15) is 25.2 Å². The number of carboxylic acid groups (broad SMARTS) is 1. The van der Waals surface area contributed by atoms with Crippen LogP contribution in [0.1, 0.15) is 92.9 Å². The molecular weight excluding hydrogens is 440 g/mol. The molecule has 4 fully saturated rings. The lowest BCUT2D eigenvalue weighted by Crippen LogP contribution is -2.68. The molecule has 0 spiro atoms. The molecule has 198 valence electrons. The van der Waals surface area contributed by atoms with E-state index in [0.717, 1.165) is 44.9 Å². The van der Waals surface area contributed by atoms with Gasteiger partial charge in [-0.15, -0.1) is 0 Å². The Balaban J connectivity index is 1.62. The Bertz CT molecular complexity index is 930. The number of carboxylic acids is 1. The van der Waals surface area contributed by atoms with Crippen molar-refractivity contribution in [1.82, 2.24) is 0 Å². The Kier molecular flexibility index (Phi) is 5.73. The zero-order chi connectivity index (χ0) is 25.8. The molecule has 0 bridgehead atoms. The second-order valence-corrected chi connectivity index (χ2v) is 14.5. The molecule has 0 radical (unpaired) electrons. The van der Waals surface area contributed by atoms with Gasteiger partial charge in [0.1, 0.15) is 0 Å². The van der Waals surface area contributed by atoms with E-state index >= 15 is 0 Å². The minimum Gasteiger partial charge on any atom is -0.481 e. The predicted molar refractivity (Wildman–Crippen MR) is 135 cm³/mol. The SMILES string of the molecule is C[C@H]1[C@H](C)CC[C@]2(C(=O)O)CC[C@]3(C)C(=CC[C@H]4[C@@]5(C)C[C@@H](O)[C@H](O)[C@@](C)(CO)[C@H]5CC[C@]43C)[C@@H]12. The number of hydrogen-bond donors (Lipinski definition) is 4. The van der Waals surface area contributed by atoms with Gasteiger partial charge >= 0.3 is 5.97 Å². The van der Waals surface area contributed by atoms with Crippen LogP contribution in [-0.4, -0.2) is 45.2 Å². The van der Waals surface area contributed by atoms with E-state index in [1.165, 1.54) is 5.57 Å². The van der Waals surface area contributed by atoms with Gasteiger partial charge in [0.05, 0.1) is 24.2 Å². The topological polar surface area (TPSA) is 98.0 Å². The molecule has 0 aliphatic heterocycles. The van der Waals surface area contributed by atoms with Crippen LogP contribution in [0.25, 0.3) is 0 Å². The van der Waals surface area contributed by atoms with E-state index in [4.69, 9.17) is 0 Å². The van der Waals surface area contributed by atoms with E-state index in [1.807, 2.05) is 6.92 Å². The summed E-state index contributed by atoms with van der Waals surface area (Å²) in [5.41, 5.74) is -0.214. The van der Waals surface area contributed by atoms with Crippen molar-refractivity contribution in [3.05, 3.63) is 11.6 Å². The Morgan fingerprint density at radius 1 is 1.00 bits per heavy atom. The number of aliphatic carboxylic acids is 1. The van der Waals surface area contributed by atoms with Crippen molar-refractivity contribution in [1.29, 1.82) is 0 Å². The zero-order valence-electron chi connectivity index (χ0n) is 22.7. The first-order valence-corrected chi connectivity index (χ1v) is 14.1. The van der Waals surface area contributed by atoms with Crippen LogP contribution in [0.2, 0.25) is 0 Å². The number of carbonyl (C=O) groups is 1. The van der Waals surface area contributed by atoms with E-state index in [0.29, 0.717) is 24.2 Å². The molecule has 5 aliphatic carbocycles. The molecule has 35 heavy (non-hydrogen) atoms. The highest BCUT2D eigenvalue weighted by Gasteiger charge is 2.70. The Morgan fingerprint density at radius 2 is 1.69 bits per heavy atom.